The van der Waals surface area contributed by atoms with Gasteiger partial charge < -0.3 is 20.9 Å². The molecule has 13 heteroatoms. The van der Waals surface area contributed by atoms with Gasteiger partial charge in [0.15, 0.2) is 5.69 Å². The smallest absolute Gasteiger partial charge is 0.315 e. The molecule has 12 nitrogen and oxygen atoms in total. The Morgan fingerprint density at radius 2 is 1.73 bits per heavy atom. The highest BCUT2D eigenvalue weighted by molar-refractivity contribution is 7.99. The second kappa shape index (κ2) is 15.2. The van der Waals surface area contributed by atoms with Crippen LogP contribution >= 0.6 is 11.8 Å². The number of urea groups is 1. The topological polar surface area (TPSA) is 137 Å². The van der Waals surface area contributed by atoms with Crippen molar-refractivity contribution in [2.75, 3.05) is 43.0 Å². The summed E-state index contributed by atoms with van der Waals surface area (Å²) in [5.41, 5.74) is 4.89. The lowest BCUT2D eigenvalue weighted by Crippen LogP contribution is -2.48. The SMILES string of the molecule is CCCCC(=O)N1CCN(Cc2ccc3nc(NC(=O)c4nnn(-c5ccccc5C)c4C)ccc3c2)CC1.O=C1NC2CSCC2N1. The number of thioether (sulfide) groups is 1. The van der Waals surface area contributed by atoms with Crippen LogP contribution in [0.15, 0.2) is 54.6 Å². The lowest BCUT2D eigenvalue weighted by molar-refractivity contribution is -0.133. The minimum Gasteiger partial charge on any atom is -0.340 e. The zero-order valence-corrected chi connectivity index (χ0v) is 28.6. The summed E-state index contributed by atoms with van der Waals surface area (Å²) in [6.07, 6.45) is 2.67. The number of carbonyl (C=O) groups is 3. The fourth-order valence-electron chi connectivity index (χ4n) is 6.20. The Kier molecular flexibility index (Phi) is 10.6. The van der Waals surface area contributed by atoms with Gasteiger partial charge in [-0.1, -0.05) is 42.8 Å². The van der Waals surface area contributed by atoms with Gasteiger partial charge in [-0.25, -0.2) is 14.5 Å². The van der Waals surface area contributed by atoms with Gasteiger partial charge in [0.1, 0.15) is 5.82 Å². The van der Waals surface area contributed by atoms with Gasteiger partial charge in [0.05, 0.1) is 29.0 Å². The molecule has 3 N–H and O–H groups in total. The molecule has 0 bridgehead atoms. The molecule has 3 aliphatic heterocycles. The van der Waals surface area contributed by atoms with Crippen molar-refractivity contribution in [2.45, 2.75) is 58.7 Å². The molecule has 2 atom stereocenters. The Morgan fingerprint density at radius 3 is 2.46 bits per heavy atom. The molecule has 3 saturated heterocycles. The number of fused-ring (bicyclic) bond motifs is 2. The van der Waals surface area contributed by atoms with Gasteiger partial charge >= 0.3 is 6.03 Å². The number of unbranched alkanes of at least 4 members (excludes halogenated alkanes) is 1. The summed E-state index contributed by atoms with van der Waals surface area (Å²) in [4.78, 5) is 45.0. The van der Waals surface area contributed by atoms with Crippen molar-refractivity contribution < 1.29 is 14.4 Å². The van der Waals surface area contributed by atoms with Gasteiger partial charge in [0, 0.05) is 56.0 Å². The molecule has 2 unspecified atom stereocenters. The molecular formula is C35H43N9O3S. The molecule has 4 amide bonds. The quantitative estimate of drug-likeness (QED) is 0.236. The van der Waals surface area contributed by atoms with Crippen LogP contribution in [0.25, 0.3) is 16.6 Å². The summed E-state index contributed by atoms with van der Waals surface area (Å²) in [6, 6.07) is 18.7. The van der Waals surface area contributed by atoms with Crippen molar-refractivity contribution in [2.24, 2.45) is 0 Å². The maximum Gasteiger partial charge on any atom is 0.315 e. The first-order valence-electron chi connectivity index (χ1n) is 16.6. The predicted molar refractivity (Wildman–Crippen MR) is 188 cm³/mol. The normalized spacial score (nSPS) is 18.9. The predicted octanol–water partition coefficient (Wildman–Crippen LogP) is 4.30. The van der Waals surface area contributed by atoms with E-state index in [0.29, 0.717) is 30.0 Å². The maximum atomic E-state index is 13.0. The fourth-order valence-corrected chi connectivity index (χ4v) is 7.48. The number of anilines is 1. The number of hydrogen-bond donors (Lipinski definition) is 3. The van der Waals surface area contributed by atoms with Crippen LogP contribution in [0, 0.1) is 13.8 Å². The van der Waals surface area contributed by atoms with Crippen molar-refractivity contribution in [1.82, 2.24) is 40.4 Å². The van der Waals surface area contributed by atoms with E-state index in [1.54, 1.807) is 4.68 Å². The van der Waals surface area contributed by atoms with Gasteiger partial charge in [0.2, 0.25) is 5.91 Å². The van der Waals surface area contributed by atoms with Crippen LogP contribution in [-0.2, 0) is 11.3 Å². The standard InChI is InChI=1S/C30H35N7O2.C5H8N2OS/c1-4-5-10-28(38)36-17-15-35(16-18-36)20-23-11-13-25-24(19-23)12-14-27(31-25)32-30(39)29-22(3)37(34-33-29)26-9-7-6-8-21(26)2;8-5-6-3-1-9-2-4(3)7-5/h6-9,11-14,19H,4-5,10,15-18,20H2,1-3H3,(H,31,32,39);3-4H,1-2H2,(H2,6,7,8). The molecule has 3 aliphatic rings. The molecule has 0 radical (unpaired) electrons. The number of carbonyl (C=O) groups excluding carboxylic acids is 3. The Bertz CT molecular complexity index is 1770. The number of rotatable bonds is 8. The van der Waals surface area contributed by atoms with Gasteiger partial charge in [-0.3, -0.25) is 14.5 Å². The van der Waals surface area contributed by atoms with Crippen LogP contribution in [0.4, 0.5) is 10.6 Å². The zero-order valence-electron chi connectivity index (χ0n) is 27.7. The van der Waals surface area contributed by atoms with Crippen LogP contribution in [0.1, 0.15) is 53.5 Å². The first-order valence-corrected chi connectivity index (χ1v) is 17.8. The van der Waals surface area contributed by atoms with E-state index in [1.807, 2.05) is 73.0 Å². The van der Waals surface area contributed by atoms with Gasteiger partial charge in [-0.15, -0.1) is 5.10 Å². The Labute approximate surface area is 285 Å². The molecule has 4 aromatic rings. The summed E-state index contributed by atoms with van der Waals surface area (Å²) < 4.78 is 1.68. The molecule has 3 fully saturated rings. The highest BCUT2D eigenvalue weighted by Crippen LogP contribution is 2.22. The summed E-state index contributed by atoms with van der Waals surface area (Å²) in [6.45, 7) is 10.1. The third-order valence-electron chi connectivity index (χ3n) is 9.04. The van der Waals surface area contributed by atoms with E-state index < -0.39 is 0 Å². The highest BCUT2D eigenvalue weighted by Gasteiger charge is 2.35. The van der Waals surface area contributed by atoms with E-state index in [2.05, 4.69) is 55.2 Å². The molecule has 252 valence electrons. The maximum absolute atomic E-state index is 13.0. The minimum absolute atomic E-state index is 0.00491. The molecule has 48 heavy (non-hydrogen) atoms. The van der Waals surface area contributed by atoms with Crippen LogP contribution in [0.3, 0.4) is 0 Å². The number of nitrogens with one attached hydrogen (secondary N) is 3. The number of amides is 4. The second-order valence-corrected chi connectivity index (χ2v) is 13.6. The Balaban J connectivity index is 0.000000381. The first-order chi connectivity index (χ1) is 23.3. The minimum atomic E-state index is -0.344. The zero-order chi connectivity index (χ0) is 33.6. The number of hydrogen-bond acceptors (Lipinski definition) is 8. The van der Waals surface area contributed by atoms with Crippen LogP contribution in [0.2, 0.25) is 0 Å². The number of aromatic nitrogens is 4. The summed E-state index contributed by atoms with van der Waals surface area (Å²) in [5.74, 6) is 2.55. The third-order valence-corrected chi connectivity index (χ3v) is 10.2. The van der Waals surface area contributed by atoms with E-state index in [0.717, 1.165) is 79.2 Å². The molecule has 0 saturated carbocycles. The molecule has 0 spiro atoms. The van der Waals surface area contributed by atoms with Crippen molar-refractivity contribution in [1.29, 1.82) is 0 Å². The fraction of sp³-hybridized carbons (Fsp3) is 0.429. The van der Waals surface area contributed by atoms with Crippen LogP contribution < -0.4 is 16.0 Å². The number of nitrogens with zero attached hydrogens (tertiary/aromatic N) is 6. The van der Waals surface area contributed by atoms with E-state index in [1.165, 1.54) is 5.56 Å². The molecular weight excluding hydrogens is 627 g/mol. The third kappa shape index (κ3) is 7.79. The van der Waals surface area contributed by atoms with Crippen molar-refractivity contribution in [3.8, 4) is 5.69 Å². The molecule has 7 rings (SSSR count). The van der Waals surface area contributed by atoms with Gasteiger partial charge in [-0.05, 0) is 61.7 Å². The van der Waals surface area contributed by atoms with E-state index in [4.69, 9.17) is 0 Å². The first kappa shape index (κ1) is 33.4. The van der Waals surface area contributed by atoms with Crippen LogP contribution in [-0.4, -0.2) is 97.4 Å². The Morgan fingerprint density at radius 1 is 0.979 bits per heavy atom. The molecule has 5 heterocycles. The van der Waals surface area contributed by atoms with E-state index >= 15 is 0 Å². The monoisotopic (exact) mass is 669 g/mol. The number of aryl methyl sites for hydroxylation is 1. The second-order valence-electron chi connectivity index (χ2n) is 12.5. The molecule has 2 aromatic carbocycles. The number of para-hydroxylation sites is 1. The highest BCUT2D eigenvalue weighted by atomic mass is 32.2. The van der Waals surface area contributed by atoms with E-state index in [-0.39, 0.29) is 23.5 Å². The molecule has 2 aromatic heterocycles. The summed E-state index contributed by atoms with van der Waals surface area (Å²) in [7, 11) is 0. The average molecular weight is 670 g/mol. The lowest BCUT2D eigenvalue weighted by Gasteiger charge is -2.34. The number of piperazine rings is 1. The van der Waals surface area contributed by atoms with Crippen LogP contribution in [0.5, 0.6) is 0 Å². The largest absolute Gasteiger partial charge is 0.340 e. The number of benzene rings is 2. The van der Waals surface area contributed by atoms with Crippen molar-refractivity contribution >= 4 is 46.3 Å². The lowest BCUT2D eigenvalue weighted by atomic mass is 10.1. The van der Waals surface area contributed by atoms with Crippen molar-refractivity contribution in [3.63, 3.8) is 0 Å². The Hall–Kier alpha value is -4.49. The number of pyridine rings is 1. The van der Waals surface area contributed by atoms with Gasteiger partial charge in [0.25, 0.3) is 5.91 Å². The summed E-state index contributed by atoms with van der Waals surface area (Å²) in [5, 5.41) is 17.9. The van der Waals surface area contributed by atoms with Gasteiger partial charge in [-0.2, -0.15) is 11.8 Å². The average Bonchev–Trinajstić information content (AvgIpc) is 3.79. The van der Waals surface area contributed by atoms with E-state index in [9.17, 15) is 14.4 Å². The summed E-state index contributed by atoms with van der Waals surface area (Å²) >= 11 is 1.89. The van der Waals surface area contributed by atoms with Crippen molar-refractivity contribution in [3.05, 3.63) is 77.1 Å². The molecule has 0 aliphatic carbocycles.